The fourth-order valence-electron chi connectivity index (χ4n) is 1.08. The number of ether oxygens (including phenoxy) is 1. The van der Waals surface area contributed by atoms with E-state index in [0.29, 0.717) is 18.3 Å². The van der Waals surface area contributed by atoms with E-state index in [1.54, 1.807) is 7.11 Å². The van der Waals surface area contributed by atoms with Gasteiger partial charge >= 0.3 is 0 Å². The second kappa shape index (κ2) is 4.94. The lowest BCUT2D eigenvalue weighted by atomic mass is 10.3. The van der Waals surface area contributed by atoms with Crippen LogP contribution in [0.3, 0.4) is 0 Å². The molecule has 0 aliphatic rings. The Hall–Kier alpha value is -0.940. The van der Waals surface area contributed by atoms with E-state index in [9.17, 15) is 0 Å². The zero-order valence-electron chi connectivity index (χ0n) is 8.20. The Kier molecular flexibility index (Phi) is 3.85. The minimum Gasteiger partial charge on any atom is -0.373 e. The molecule has 1 heterocycles. The lowest BCUT2D eigenvalue weighted by Crippen LogP contribution is -2.06. The van der Waals surface area contributed by atoms with Crippen LogP contribution >= 0.6 is 0 Å². The summed E-state index contributed by atoms with van der Waals surface area (Å²) in [5, 5.41) is 6.76. The van der Waals surface area contributed by atoms with Gasteiger partial charge in [0.05, 0.1) is 6.54 Å². The molecule has 0 saturated heterocycles. The summed E-state index contributed by atoms with van der Waals surface area (Å²) in [5.74, 6) is 1.21. The molecular formula is C8H15N3O2. The molecule has 0 spiro atoms. The van der Waals surface area contributed by atoms with Gasteiger partial charge in [0.2, 0.25) is 11.7 Å². The van der Waals surface area contributed by atoms with Gasteiger partial charge < -0.3 is 14.6 Å². The molecule has 74 valence electrons. The van der Waals surface area contributed by atoms with Gasteiger partial charge in [-0.25, -0.2) is 0 Å². The number of nitrogens with one attached hydrogen (secondary N) is 1. The molecule has 5 nitrogen and oxygen atoms in total. The predicted molar refractivity (Wildman–Crippen MR) is 47.1 cm³/mol. The molecule has 1 aromatic rings. The van der Waals surface area contributed by atoms with E-state index >= 15 is 0 Å². The van der Waals surface area contributed by atoms with E-state index in [0.717, 1.165) is 6.42 Å². The van der Waals surface area contributed by atoms with Crippen molar-refractivity contribution in [3.63, 3.8) is 0 Å². The van der Waals surface area contributed by atoms with Gasteiger partial charge in [-0.15, -0.1) is 0 Å². The van der Waals surface area contributed by atoms with Crippen LogP contribution in [0.25, 0.3) is 0 Å². The van der Waals surface area contributed by atoms with Crippen molar-refractivity contribution in [2.75, 3.05) is 14.2 Å². The number of hydrogen-bond acceptors (Lipinski definition) is 5. The van der Waals surface area contributed by atoms with E-state index in [1.807, 2.05) is 14.0 Å². The second-order valence-corrected chi connectivity index (χ2v) is 2.71. The zero-order chi connectivity index (χ0) is 9.68. The van der Waals surface area contributed by atoms with Gasteiger partial charge in [-0.05, 0) is 13.5 Å². The van der Waals surface area contributed by atoms with Crippen LogP contribution < -0.4 is 5.32 Å². The van der Waals surface area contributed by atoms with Crippen molar-refractivity contribution in [1.29, 1.82) is 0 Å². The van der Waals surface area contributed by atoms with Crippen molar-refractivity contribution in [2.45, 2.75) is 26.0 Å². The topological polar surface area (TPSA) is 60.2 Å². The highest BCUT2D eigenvalue weighted by Gasteiger charge is 2.14. The van der Waals surface area contributed by atoms with Crippen molar-refractivity contribution < 1.29 is 9.26 Å². The molecule has 1 atom stereocenters. The molecule has 0 aromatic carbocycles. The largest absolute Gasteiger partial charge is 0.373 e. The molecule has 1 unspecified atom stereocenters. The molecule has 1 aromatic heterocycles. The lowest BCUT2D eigenvalue weighted by Gasteiger charge is -2.05. The molecule has 0 fully saturated rings. The fourth-order valence-corrected chi connectivity index (χ4v) is 1.08. The first-order valence-electron chi connectivity index (χ1n) is 4.31. The number of nitrogens with zero attached hydrogens (tertiary/aromatic N) is 2. The van der Waals surface area contributed by atoms with Crippen LogP contribution in [-0.2, 0) is 11.3 Å². The molecule has 0 aliphatic heterocycles. The monoisotopic (exact) mass is 185 g/mol. The number of aromatic nitrogens is 2. The Bertz CT molecular complexity index is 245. The molecule has 0 radical (unpaired) electrons. The number of methoxy groups -OCH3 is 1. The van der Waals surface area contributed by atoms with E-state index in [-0.39, 0.29) is 6.10 Å². The van der Waals surface area contributed by atoms with Gasteiger partial charge in [-0.3, -0.25) is 0 Å². The first kappa shape index (κ1) is 10.1. The Labute approximate surface area is 77.5 Å². The van der Waals surface area contributed by atoms with Crippen molar-refractivity contribution in [3.05, 3.63) is 11.7 Å². The van der Waals surface area contributed by atoms with Crippen LogP contribution in [0, 0.1) is 0 Å². The van der Waals surface area contributed by atoms with Crippen LogP contribution in [0.1, 0.15) is 31.2 Å². The average molecular weight is 185 g/mol. The first-order valence-corrected chi connectivity index (χ1v) is 4.31. The summed E-state index contributed by atoms with van der Waals surface area (Å²) in [6, 6.07) is 0. The summed E-state index contributed by atoms with van der Waals surface area (Å²) in [6.45, 7) is 2.61. The highest BCUT2D eigenvalue weighted by molar-refractivity contribution is 4.90. The minimum atomic E-state index is -0.0608. The highest BCUT2D eigenvalue weighted by atomic mass is 16.5. The maximum absolute atomic E-state index is 5.17. The van der Waals surface area contributed by atoms with Gasteiger partial charge in [-0.1, -0.05) is 12.1 Å². The van der Waals surface area contributed by atoms with Crippen molar-refractivity contribution in [1.82, 2.24) is 15.5 Å². The van der Waals surface area contributed by atoms with E-state index < -0.39 is 0 Å². The van der Waals surface area contributed by atoms with Crippen molar-refractivity contribution in [2.24, 2.45) is 0 Å². The molecule has 0 bridgehead atoms. The Morgan fingerprint density at radius 3 is 2.92 bits per heavy atom. The molecule has 0 aliphatic carbocycles. The van der Waals surface area contributed by atoms with Gasteiger partial charge in [-0.2, -0.15) is 4.98 Å². The van der Waals surface area contributed by atoms with Gasteiger partial charge in [0.25, 0.3) is 0 Å². The van der Waals surface area contributed by atoms with Crippen molar-refractivity contribution >= 4 is 0 Å². The SMILES string of the molecule is CCC(OC)c1noc(CNC)n1. The molecular weight excluding hydrogens is 170 g/mol. The molecule has 0 saturated carbocycles. The normalized spacial score (nSPS) is 13.2. The van der Waals surface area contributed by atoms with Crippen LogP contribution in [-0.4, -0.2) is 24.3 Å². The first-order chi connectivity index (χ1) is 6.31. The van der Waals surface area contributed by atoms with Crippen molar-refractivity contribution in [3.8, 4) is 0 Å². The molecule has 13 heavy (non-hydrogen) atoms. The van der Waals surface area contributed by atoms with Crippen LogP contribution in [0.2, 0.25) is 0 Å². The molecule has 1 N–H and O–H groups in total. The Morgan fingerprint density at radius 1 is 1.62 bits per heavy atom. The highest BCUT2D eigenvalue weighted by Crippen LogP contribution is 2.16. The number of hydrogen-bond donors (Lipinski definition) is 1. The summed E-state index contributed by atoms with van der Waals surface area (Å²) < 4.78 is 10.2. The van der Waals surface area contributed by atoms with E-state index in [4.69, 9.17) is 9.26 Å². The minimum absolute atomic E-state index is 0.0608. The van der Waals surface area contributed by atoms with Gasteiger partial charge in [0.1, 0.15) is 6.10 Å². The average Bonchev–Trinajstić information content (AvgIpc) is 2.56. The summed E-state index contributed by atoms with van der Waals surface area (Å²) >= 11 is 0. The Balaban J connectivity index is 2.66. The van der Waals surface area contributed by atoms with Gasteiger partial charge in [0, 0.05) is 7.11 Å². The Morgan fingerprint density at radius 2 is 2.38 bits per heavy atom. The second-order valence-electron chi connectivity index (χ2n) is 2.71. The van der Waals surface area contributed by atoms with Crippen LogP contribution in [0.4, 0.5) is 0 Å². The molecule has 0 amide bonds. The van der Waals surface area contributed by atoms with E-state index in [2.05, 4.69) is 15.5 Å². The summed E-state index contributed by atoms with van der Waals surface area (Å²) in [6.07, 6.45) is 0.782. The predicted octanol–water partition coefficient (Wildman–Crippen LogP) is 0.886. The standard InChI is InChI=1S/C8H15N3O2/c1-4-6(12-3)8-10-7(5-9-2)13-11-8/h6,9H,4-5H2,1-3H3. The summed E-state index contributed by atoms with van der Waals surface area (Å²) in [5.41, 5.74) is 0. The summed E-state index contributed by atoms with van der Waals surface area (Å²) in [4.78, 5) is 4.18. The lowest BCUT2D eigenvalue weighted by molar-refractivity contribution is 0.0903. The van der Waals surface area contributed by atoms with Crippen LogP contribution in [0.15, 0.2) is 4.52 Å². The van der Waals surface area contributed by atoms with Gasteiger partial charge in [0.15, 0.2) is 0 Å². The maximum Gasteiger partial charge on any atom is 0.240 e. The smallest absolute Gasteiger partial charge is 0.240 e. The quantitative estimate of drug-likeness (QED) is 0.738. The maximum atomic E-state index is 5.17. The summed E-state index contributed by atoms with van der Waals surface area (Å²) in [7, 11) is 3.47. The molecule has 5 heteroatoms. The fraction of sp³-hybridized carbons (Fsp3) is 0.750. The zero-order valence-corrected chi connectivity index (χ0v) is 8.20. The van der Waals surface area contributed by atoms with Crippen LogP contribution in [0.5, 0.6) is 0 Å². The number of rotatable bonds is 5. The third-order valence-electron chi connectivity index (χ3n) is 1.76. The molecule has 1 rings (SSSR count). The third kappa shape index (κ3) is 2.50. The van der Waals surface area contributed by atoms with E-state index in [1.165, 1.54) is 0 Å². The third-order valence-corrected chi connectivity index (χ3v) is 1.76.